The average Bonchev–Trinajstić information content (AvgIpc) is 2.81. The Hall–Kier alpha value is -4.14. The van der Waals surface area contributed by atoms with Crippen molar-refractivity contribution in [1.29, 1.82) is 0 Å². The van der Waals surface area contributed by atoms with E-state index in [9.17, 15) is 14.7 Å². The van der Waals surface area contributed by atoms with Crippen LogP contribution in [0.2, 0.25) is 0 Å². The predicted octanol–water partition coefficient (Wildman–Crippen LogP) is 4.58. The van der Waals surface area contributed by atoms with Crippen LogP contribution in [-0.2, 0) is 4.79 Å². The Morgan fingerprint density at radius 3 is 2.43 bits per heavy atom. The average molecular weight is 479 g/mol. The number of aryl methyl sites for hydroxylation is 2. The SMILES string of the molecule is CCCOc1ccc(C(CC(=O)O)NC(=O)c2cccc(Nc3nc(C)cc(C)n3)c2)cc1OC. The van der Waals surface area contributed by atoms with Gasteiger partial charge in [0.15, 0.2) is 11.5 Å². The molecule has 0 fully saturated rings. The van der Waals surface area contributed by atoms with Crippen LogP contribution < -0.4 is 20.1 Å². The zero-order chi connectivity index (χ0) is 25.4. The van der Waals surface area contributed by atoms with Gasteiger partial charge in [-0.15, -0.1) is 0 Å². The molecule has 2 aromatic carbocycles. The summed E-state index contributed by atoms with van der Waals surface area (Å²) in [5, 5.41) is 15.4. The van der Waals surface area contributed by atoms with Gasteiger partial charge in [0.05, 0.1) is 26.2 Å². The summed E-state index contributed by atoms with van der Waals surface area (Å²) in [4.78, 5) is 33.3. The van der Waals surface area contributed by atoms with Gasteiger partial charge in [-0.3, -0.25) is 9.59 Å². The Bertz CT molecular complexity index is 1180. The lowest BCUT2D eigenvalue weighted by molar-refractivity contribution is -0.137. The predicted molar refractivity (Wildman–Crippen MR) is 132 cm³/mol. The standard InChI is InChI=1S/C26H30N4O5/c1-5-11-35-22-10-9-18(14-23(22)34-4)21(15-24(31)32)30-25(33)19-7-6-8-20(13-19)29-26-27-16(2)12-17(3)28-26/h6-10,12-14,21H,5,11,15H2,1-4H3,(H,30,33)(H,31,32)(H,27,28,29). The van der Waals surface area contributed by atoms with Crippen LogP contribution in [0.25, 0.3) is 0 Å². The summed E-state index contributed by atoms with van der Waals surface area (Å²) in [5.41, 5.74) is 3.25. The first kappa shape index (κ1) is 25.5. The maximum absolute atomic E-state index is 13.1. The second kappa shape index (κ2) is 11.8. The normalized spacial score (nSPS) is 11.4. The van der Waals surface area contributed by atoms with Gasteiger partial charge in [-0.25, -0.2) is 9.97 Å². The van der Waals surface area contributed by atoms with Gasteiger partial charge in [-0.05, 0) is 62.2 Å². The zero-order valence-corrected chi connectivity index (χ0v) is 20.3. The lowest BCUT2D eigenvalue weighted by atomic mass is 10.0. The Morgan fingerprint density at radius 1 is 1.03 bits per heavy atom. The first-order valence-electron chi connectivity index (χ1n) is 11.3. The van der Waals surface area contributed by atoms with Gasteiger partial charge in [0.1, 0.15) is 0 Å². The summed E-state index contributed by atoms with van der Waals surface area (Å²) in [6.45, 7) is 6.29. The molecule has 184 valence electrons. The van der Waals surface area contributed by atoms with Crippen molar-refractivity contribution < 1.29 is 24.2 Å². The van der Waals surface area contributed by atoms with E-state index in [4.69, 9.17) is 9.47 Å². The van der Waals surface area contributed by atoms with Crippen LogP contribution in [-0.4, -0.2) is 40.7 Å². The number of aliphatic carboxylic acids is 1. The highest BCUT2D eigenvalue weighted by Crippen LogP contribution is 2.31. The number of ether oxygens (including phenoxy) is 2. The number of methoxy groups -OCH3 is 1. The molecule has 1 amide bonds. The molecular weight excluding hydrogens is 448 g/mol. The highest BCUT2D eigenvalue weighted by atomic mass is 16.5. The van der Waals surface area contributed by atoms with Gasteiger partial charge in [-0.1, -0.05) is 19.1 Å². The van der Waals surface area contributed by atoms with E-state index in [2.05, 4.69) is 20.6 Å². The molecular formula is C26H30N4O5. The molecule has 0 radical (unpaired) electrons. The molecule has 0 spiro atoms. The summed E-state index contributed by atoms with van der Waals surface area (Å²) in [6.07, 6.45) is 0.546. The number of nitrogens with one attached hydrogen (secondary N) is 2. The molecule has 9 heteroatoms. The molecule has 0 bridgehead atoms. The minimum absolute atomic E-state index is 0.293. The van der Waals surface area contributed by atoms with E-state index in [0.717, 1.165) is 17.8 Å². The first-order chi connectivity index (χ1) is 16.8. The number of carboxylic acids is 1. The highest BCUT2D eigenvalue weighted by molar-refractivity contribution is 5.95. The first-order valence-corrected chi connectivity index (χ1v) is 11.3. The van der Waals surface area contributed by atoms with Crippen LogP contribution >= 0.6 is 0 Å². The third-order valence-corrected chi connectivity index (χ3v) is 5.10. The van der Waals surface area contributed by atoms with Gasteiger partial charge in [0, 0.05) is 22.6 Å². The second-order valence-corrected chi connectivity index (χ2v) is 8.06. The van der Waals surface area contributed by atoms with Crippen molar-refractivity contribution in [2.24, 2.45) is 0 Å². The van der Waals surface area contributed by atoms with Crippen molar-refractivity contribution in [3.05, 3.63) is 71.0 Å². The van der Waals surface area contributed by atoms with Gasteiger partial charge in [-0.2, -0.15) is 0 Å². The van der Waals surface area contributed by atoms with Gasteiger partial charge < -0.3 is 25.2 Å². The van der Waals surface area contributed by atoms with Crippen molar-refractivity contribution in [2.45, 2.75) is 39.7 Å². The smallest absolute Gasteiger partial charge is 0.305 e. The monoisotopic (exact) mass is 478 g/mol. The molecule has 3 N–H and O–H groups in total. The zero-order valence-electron chi connectivity index (χ0n) is 20.3. The molecule has 1 unspecified atom stereocenters. The number of anilines is 2. The molecule has 1 atom stereocenters. The van der Waals surface area contributed by atoms with Gasteiger partial charge >= 0.3 is 5.97 Å². The lowest BCUT2D eigenvalue weighted by Crippen LogP contribution is -2.30. The number of carboxylic acid groups (broad SMARTS) is 1. The quantitative estimate of drug-likeness (QED) is 0.366. The van der Waals surface area contributed by atoms with Crippen LogP contribution in [0.15, 0.2) is 48.5 Å². The van der Waals surface area contributed by atoms with E-state index in [0.29, 0.717) is 40.9 Å². The summed E-state index contributed by atoms with van der Waals surface area (Å²) in [7, 11) is 1.51. The fraction of sp³-hybridized carbons (Fsp3) is 0.308. The number of benzene rings is 2. The maximum atomic E-state index is 13.1. The van der Waals surface area contributed by atoms with Crippen LogP contribution in [0.5, 0.6) is 11.5 Å². The number of hydrogen-bond acceptors (Lipinski definition) is 7. The molecule has 1 heterocycles. The Kier molecular flexibility index (Phi) is 8.61. The van der Waals surface area contributed by atoms with E-state index in [-0.39, 0.29) is 6.42 Å². The molecule has 0 saturated heterocycles. The topological polar surface area (TPSA) is 123 Å². The molecule has 0 saturated carbocycles. The number of hydrogen-bond donors (Lipinski definition) is 3. The van der Waals surface area contributed by atoms with E-state index >= 15 is 0 Å². The van der Waals surface area contributed by atoms with Crippen LogP contribution in [0, 0.1) is 13.8 Å². The summed E-state index contributed by atoms with van der Waals surface area (Å²) in [6, 6.07) is 13.1. The van der Waals surface area contributed by atoms with Crippen LogP contribution in [0.4, 0.5) is 11.6 Å². The summed E-state index contributed by atoms with van der Waals surface area (Å²) >= 11 is 0. The Labute approximate surface area is 204 Å². The number of carbonyl (C=O) groups excluding carboxylic acids is 1. The van der Waals surface area contributed by atoms with Crippen LogP contribution in [0.3, 0.4) is 0 Å². The van der Waals surface area contributed by atoms with Crippen molar-refractivity contribution in [1.82, 2.24) is 15.3 Å². The molecule has 9 nitrogen and oxygen atoms in total. The fourth-order valence-electron chi connectivity index (χ4n) is 3.55. The van der Waals surface area contributed by atoms with E-state index in [1.807, 2.05) is 26.8 Å². The molecule has 3 rings (SSSR count). The van der Waals surface area contributed by atoms with Gasteiger partial charge in [0.2, 0.25) is 5.95 Å². The summed E-state index contributed by atoms with van der Waals surface area (Å²) < 4.78 is 11.1. The molecule has 3 aromatic rings. The maximum Gasteiger partial charge on any atom is 0.305 e. The lowest BCUT2D eigenvalue weighted by Gasteiger charge is -2.20. The largest absolute Gasteiger partial charge is 0.493 e. The number of nitrogens with zero attached hydrogens (tertiary/aromatic N) is 2. The van der Waals surface area contributed by atoms with E-state index in [1.54, 1.807) is 42.5 Å². The second-order valence-electron chi connectivity index (χ2n) is 8.06. The minimum Gasteiger partial charge on any atom is -0.493 e. The fourth-order valence-corrected chi connectivity index (χ4v) is 3.55. The van der Waals surface area contributed by atoms with Crippen molar-refractivity contribution in [2.75, 3.05) is 19.0 Å². The minimum atomic E-state index is -1.04. The van der Waals surface area contributed by atoms with E-state index in [1.165, 1.54) is 7.11 Å². The van der Waals surface area contributed by atoms with Crippen molar-refractivity contribution in [3.8, 4) is 11.5 Å². The van der Waals surface area contributed by atoms with E-state index < -0.39 is 17.9 Å². The number of amides is 1. The van der Waals surface area contributed by atoms with Crippen molar-refractivity contribution >= 4 is 23.5 Å². The number of aromatic nitrogens is 2. The summed E-state index contributed by atoms with van der Waals surface area (Å²) in [5.74, 6) is 0.0156. The van der Waals surface area contributed by atoms with Crippen LogP contribution in [0.1, 0.15) is 53.1 Å². The molecule has 0 aliphatic heterocycles. The highest BCUT2D eigenvalue weighted by Gasteiger charge is 2.21. The molecule has 1 aromatic heterocycles. The number of carbonyl (C=O) groups is 2. The Morgan fingerprint density at radius 2 is 1.77 bits per heavy atom. The third-order valence-electron chi connectivity index (χ3n) is 5.10. The Balaban J connectivity index is 1.81. The molecule has 35 heavy (non-hydrogen) atoms. The molecule has 0 aliphatic carbocycles. The number of rotatable bonds is 11. The third kappa shape index (κ3) is 7.17. The van der Waals surface area contributed by atoms with Gasteiger partial charge in [0.25, 0.3) is 5.91 Å². The van der Waals surface area contributed by atoms with Crippen molar-refractivity contribution in [3.63, 3.8) is 0 Å². The molecule has 0 aliphatic rings.